The lowest BCUT2D eigenvalue weighted by Gasteiger charge is -2.10. The molecule has 3 aromatic rings. The number of carbonyl (C=O) groups excluding carboxylic acids is 1. The van der Waals surface area contributed by atoms with Crippen LogP contribution in [0.15, 0.2) is 54.6 Å². The number of rotatable bonds is 8. The second-order valence-electron chi connectivity index (χ2n) is 6.01. The molecule has 1 heterocycles. The summed E-state index contributed by atoms with van der Waals surface area (Å²) in [4.78, 5) is 12.1. The van der Waals surface area contributed by atoms with Crippen molar-refractivity contribution < 1.29 is 19.0 Å². The van der Waals surface area contributed by atoms with E-state index in [1.165, 1.54) is 0 Å². The third-order valence-electron chi connectivity index (χ3n) is 4.13. The van der Waals surface area contributed by atoms with Crippen LogP contribution in [-0.2, 0) is 16.1 Å². The zero-order chi connectivity index (χ0) is 19.9. The van der Waals surface area contributed by atoms with E-state index in [0.29, 0.717) is 27.9 Å². The van der Waals surface area contributed by atoms with E-state index in [0.717, 1.165) is 5.69 Å². The van der Waals surface area contributed by atoms with Crippen molar-refractivity contribution in [3.05, 3.63) is 71.0 Å². The highest BCUT2D eigenvalue weighted by atomic mass is 35.5. The highest BCUT2D eigenvalue weighted by Crippen LogP contribution is 2.26. The standard InChI is InChI=1S/C21H21ClN2O4/c1-15-17(21(22)24(23-15)16-8-4-3-5-9-16)14-28-20(25)12-13-27-19-11-7-6-10-18(19)26-2/h3-11H,12-14H2,1-2H3. The molecule has 146 valence electrons. The minimum absolute atomic E-state index is 0.0605. The van der Waals surface area contributed by atoms with Crippen molar-refractivity contribution in [3.63, 3.8) is 0 Å². The SMILES string of the molecule is COc1ccccc1OCCC(=O)OCc1c(C)nn(-c2ccccc2)c1Cl. The van der Waals surface area contributed by atoms with Gasteiger partial charge in [0.2, 0.25) is 0 Å². The molecule has 0 bridgehead atoms. The summed E-state index contributed by atoms with van der Waals surface area (Å²) in [5, 5.41) is 4.87. The molecule has 0 spiro atoms. The van der Waals surface area contributed by atoms with Gasteiger partial charge in [-0.15, -0.1) is 0 Å². The lowest BCUT2D eigenvalue weighted by molar-refractivity contribution is -0.145. The summed E-state index contributed by atoms with van der Waals surface area (Å²) in [6.07, 6.45) is 0.113. The van der Waals surface area contributed by atoms with Gasteiger partial charge in [0, 0.05) is 5.56 Å². The van der Waals surface area contributed by atoms with E-state index >= 15 is 0 Å². The maximum Gasteiger partial charge on any atom is 0.309 e. The fraction of sp³-hybridized carbons (Fsp3) is 0.238. The Labute approximate surface area is 168 Å². The normalized spacial score (nSPS) is 10.5. The van der Waals surface area contributed by atoms with Gasteiger partial charge in [-0.2, -0.15) is 5.10 Å². The Morgan fingerprint density at radius 1 is 1.07 bits per heavy atom. The Kier molecular flexibility index (Phi) is 6.55. The molecule has 0 atom stereocenters. The Morgan fingerprint density at radius 3 is 2.46 bits per heavy atom. The van der Waals surface area contributed by atoms with Crippen LogP contribution in [0.25, 0.3) is 5.69 Å². The number of methoxy groups -OCH3 is 1. The fourth-order valence-corrected chi connectivity index (χ4v) is 2.97. The molecular formula is C21H21ClN2O4. The molecule has 0 saturated heterocycles. The van der Waals surface area contributed by atoms with Crippen molar-refractivity contribution >= 4 is 17.6 Å². The average molecular weight is 401 g/mol. The van der Waals surface area contributed by atoms with E-state index in [-0.39, 0.29) is 25.6 Å². The summed E-state index contributed by atoms with van der Waals surface area (Å²) < 4.78 is 17.8. The molecule has 0 aliphatic rings. The van der Waals surface area contributed by atoms with E-state index in [1.807, 2.05) is 49.4 Å². The quantitative estimate of drug-likeness (QED) is 0.526. The van der Waals surface area contributed by atoms with Crippen molar-refractivity contribution in [2.45, 2.75) is 20.0 Å². The molecule has 0 unspecified atom stereocenters. The predicted octanol–water partition coefficient (Wildman–Crippen LogP) is 4.36. The Hall–Kier alpha value is -2.99. The first kappa shape index (κ1) is 19.8. The van der Waals surface area contributed by atoms with Crippen molar-refractivity contribution in [2.24, 2.45) is 0 Å². The predicted molar refractivity (Wildman–Crippen MR) is 106 cm³/mol. The largest absolute Gasteiger partial charge is 0.493 e. The summed E-state index contributed by atoms with van der Waals surface area (Å²) in [6.45, 7) is 2.08. The van der Waals surface area contributed by atoms with Crippen LogP contribution in [0.4, 0.5) is 0 Å². The van der Waals surface area contributed by atoms with Crippen LogP contribution in [0.3, 0.4) is 0 Å². The number of hydrogen-bond donors (Lipinski definition) is 0. The first-order chi connectivity index (χ1) is 13.6. The molecule has 6 nitrogen and oxygen atoms in total. The lowest BCUT2D eigenvalue weighted by atomic mass is 10.3. The topological polar surface area (TPSA) is 62.6 Å². The summed E-state index contributed by atoms with van der Waals surface area (Å²) in [7, 11) is 1.57. The molecule has 7 heteroatoms. The van der Waals surface area contributed by atoms with Gasteiger partial charge < -0.3 is 14.2 Å². The van der Waals surface area contributed by atoms with Crippen LogP contribution < -0.4 is 9.47 Å². The molecule has 0 aliphatic carbocycles. The summed E-state index contributed by atoms with van der Waals surface area (Å²) >= 11 is 6.44. The van der Waals surface area contributed by atoms with Gasteiger partial charge in [0.25, 0.3) is 0 Å². The van der Waals surface area contributed by atoms with Crippen LogP contribution >= 0.6 is 11.6 Å². The monoisotopic (exact) mass is 400 g/mol. The molecule has 0 saturated carbocycles. The van der Waals surface area contributed by atoms with Gasteiger partial charge in [-0.05, 0) is 31.2 Å². The van der Waals surface area contributed by atoms with Crippen LogP contribution in [0.1, 0.15) is 17.7 Å². The van der Waals surface area contributed by atoms with E-state index in [1.54, 1.807) is 23.9 Å². The van der Waals surface area contributed by atoms with Crippen molar-refractivity contribution in [1.82, 2.24) is 9.78 Å². The number of hydrogen-bond acceptors (Lipinski definition) is 5. The number of carbonyl (C=O) groups is 1. The summed E-state index contributed by atoms with van der Waals surface area (Å²) in [6, 6.07) is 16.8. The van der Waals surface area contributed by atoms with E-state index in [9.17, 15) is 4.79 Å². The molecule has 0 radical (unpaired) electrons. The van der Waals surface area contributed by atoms with Crippen molar-refractivity contribution in [2.75, 3.05) is 13.7 Å². The van der Waals surface area contributed by atoms with Gasteiger partial charge in [-0.1, -0.05) is 41.9 Å². The first-order valence-electron chi connectivity index (χ1n) is 8.81. The zero-order valence-corrected chi connectivity index (χ0v) is 16.5. The van der Waals surface area contributed by atoms with E-state index in [4.69, 9.17) is 25.8 Å². The van der Waals surface area contributed by atoms with E-state index < -0.39 is 0 Å². The maximum absolute atomic E-state index is 12.1. The lowest BCUT2D eigenvalue weighted by Crippen LogP contribution is -2.10. The number of benzene rings is 2. The zero-order valence-electron chi connectivity index (χ0n) is 15.7. The number of nitrogens with zero attached hydrogens (tertiary/aromatic N) is 2. The molecular weight excluding hydrogens is 380 g/mol. The minimum atomic E-state index is -0.377. The molecule has 0 aliphatic heterocycles. The second kappa shape index (κ2) is 9.28. The van der Waals surface area contributed by atoms with Crippen molar-refractivity contribution in [3.8, 4) is 17.2 Å². The number of aryl methyl sites for hydroxylation is 1. The number of ether oxygens (including phenoxy) is 3. The molecule has 3 rings (SSSR count). The van der Waals surface area contributed by atoms with Gasteiger partial charge in [0.05, 0.1) is 31.5 Å². The smallest absolute Gasteiger partial charge is 0.309 e. The summed E-state index contributed by atoms with van der Waals surface area (Å²) in [5.74, 6) is 0.824. The number of esters is 1. The Balaban J connectivity index is 1.54. The average Bonchev–Trinajstić information content (AvgIpc) is 3.01. The third kappa shape index (κ3) is 4.64. The van der Waals surface area contributed by atoms with E-state index in [2.05, 4.69) is 5.10 Å². The minimum Gasteiger partial charge on any atom is -0.493 e. The highest BCUT2D eigenvalue weighted by Gasteiger charge is 2.16. The molecule has 2 aromatic carbocycles. The number of para-hydroxylation sites is 3. The van der Waals surface area contributed by atoms with Crippen LogP contribution in [0.5, 0.6) is 11.5 Å². The Morgan fingerprint density at radius 2 is 1.75 bits per heavy atom. The molecule has 0 N–H and O–H groups in total. The highest BCUT2D eigenvalue weighted by molar-refractivity contribution is 6.30. The van der Waals surface area contributed by atoms with Crippen LogP contribution in [0.2, 0.25) is 5.15 Å². The summed E-state index contributed by atoms with van der Waals surface area (Å²) in [5.41, 5.74) is 2.25. The van der Waals surface area contributed by atoms with Crippen molar-refractivity contribution in [1.29, 1.82) is 0 Å². The number of aromatic nitrogens is 2. The first-order valence-corrected chi connectivity index (χ1v) is 9.19. The van der Waals surface area contributed by atoms with Gasteiger partial charge in [-0.25, -0.2) is 4.68 Å². The Bertz CT molecular complexity index is 941. The second-order valence-corrected chi connectivity index (χ2v) is 6.37. The van der Waals surface area contributed by atoms with Crippen LogP contribution in [0, 0.1) is 6.92 Å². The molecule has 1 aromatic heterocycles. The third-order valence-corrected chi connectivity index (χ3v) is 4.52. The molecule has 0 fully saturated rings. The molecule has 0 amide bonds. The van der Waals surface area contributed by atoms with Gasteiger partial charge >= 0.3 is 5.97 Å². The van der Waals surface area contributed by atoms with Crippen LogP contribution in [-0.4, -0.2) is 29.5 Å². The van der Waals surface area contributed by atoms with Gasteiger partial charge in [-0.3, -0.25) is 4.79 Å². The maximum atomic E-state index is 12.1. The fourth-order valence-electron chi connectivity index (χ4n) is 2.64. The van der Waals surface area contributed by atoms with Gasteiger partial charge in [0.1, 0.15) is 11.8 Å². The van der Waals surface area contributed by atoms with Gasteiger partial charge in [0.15, 0.2) is 11.5 Å². The number of halogens is 1. The molecule has 28 heavy (non-hydrogen) atoms.